The highest BCUT2D eigenvalue weighted by atomic mass is 32.1. The first kappa shape index (κ1) is 18.1. The monoisotopic (exact) mass is 389 g/mol. The molecular weight excluding hydrogens is 369 g/mol. The molecule has 2 amide bonds. The number of halogens is 1. The number of benzene rings is 1. The Hall–Kier alpha value is -2.32. The van der Waals surface area contributed by atoms with Crippen LogP contribution in [0.2, 0.25) is 0 Å². The van der Waals surface area contributed by atoms with E-state index in [0.29, 0.717) is 24.5 Å². The summed E-state index contributed by atoms with van der Waals surface area (Å²) in [5.41, 5.74) is 2.41. The third-order valence-corrected chi connectivity index (χ3v) is 6.13. The second-order valence-corrected chi connectivity index (χ2v) is 7.87. The molecule has 6 nitrogen and oxygen atoms in total. The van der Waals surface area contributed by atoms with Crippen LogP contribution in [0.3, 0.4) is 0 Å². The standard InChI is InChI=1S/C19H20FN3O3S/c1-26-10-17(24)23-8-13-7-22(19(25)16-6-21-11-27-16)9-15(13)18(23)12-3-2-4-14(20)5-12/h2-6,11,13,15,18H,7-10H2,1H3/t13-,15-,18+/m1/s1. The Bertz CT molecular complexity index is 844. The number of likely N-dealkylation sites (tertiary alicyclic amines) is 2. The minimum atomic E-state index is -0.328. The van der Waals surface area contributed by atoms with Crippen LogP contribution >= 0.6 is 11.3 Å². The molecule has 0 radical (unpaired) electrons. The molecule has 0 aliphatic carbocycles. The number of amides is 2. The van der Waals surface area contributed by atoms with Crippen molar-refractivity contribution in [3.05, 3.63) is 52.2 Å². The zero-order chi connectivity index (χ0) is 19.0. The van der Waals surface area contributed by atoms with E-state index in [1.165, 1.54) is 30.6 Å². The lowest BCUT2D eigenvalue weighted by Gasteiger charge is -2.29. The molecule has 4 rings (SSSR count). The van der Waals surface area contributed by atoms with E-state index in [0.717, 1.165) is 5.56 Å². The van der Waals surface area contributed by atoms with Crippen LogP contribution in [0.15, 0.2) is 36.0 Å². The van der Waals surface area contributed by atoms with Gasteiger partial charge in [0.05, 0.1) is 17.7 Å². The summed E-state index contributed by atoms with van der Waals surface area (Å²) in [6.07, 6.45) is 1.58. The van der Waals surface area contributed by atoms with Gasteiger partial charge in [-0.2, -0.15) is 0 Å². The number of methoxy groups -OCH3 is 1. The zero-order valence-corrected chi connectivity index (χ0v) is 15.7. The normalized spacial score (nSPS) is 24.3. The summed E-state index contributed by atoms with van der Waals surface area (Å²) in [4.78, 5) is 33.5. The van der Waals surface area contributed by atoms with Crippen LogP contribution in [0.4, 0.5) is 4.39 Å². The topological polar surface area (TPSA) is 62.7 Å². The number of hydrogen-bond donors (Lipinski definition) is 0. The Morgan fingerprint density at radius 3 is 2.89 bits per heavy atom. The minimum absolute atomic E-state index is 0.00519. The summed E-state index contributed by atoms with van der Waals surface area (Å²) in [6, 6.07) is 6.12. The van der Waals surface area contributed by atoms with Gasteiger partial charge in [-0.3, -0.25) is 14.6 Å². The lowest BCUT2D eigenvalue weighted by atomic mass is 9.89. The number of fused-ring (bicyclic) bond motifs is 1. The van der Waals surface area contributed by atoms with E-state index in [4.69, 9.17) is 4.74 Å². The van der Waals surface area contributed by atoms with E-state index in [1.54, 1.807) is 22.7 Å². The predicted molar refractivity (Wildman–Crippen MR) is 97.7 cm³/mol. The van der Waals surface area contributed by atoms with Gasteiger partial charge in [-0.05, 0) is 17.7 Å². The van der Waals surface area contributed by atoms with Crippen molar-refractivity contribution < 1.29 is 18.7 Å². The highest BCUT2D eigenvalue weighted by Gasteiger charge is 2.50. The van der Waals surface area contributed by atoms with Crippen molar-refractivity contribution in [1.29, 1.82) is 0 Å². The summed E-state index contributed by atoms with van der Waals surface area (Å²) in [5, 5.41) is 0. The summed E-state index contributed by atoms with van der Waals surface area (Å²) in [7, 11) is 1.49. The van der Waals surface area contributed by atoms with Gasteiger partial charge >= 0.3 is 0 Å². The molecule has 0 unspecified atom stereocenters. The Morgan fingerprint density at radius 1 is 1.33 bits per heavy atom. The van der Waals surface area contributed by atoms with Gasteiger partial charge in [0.1, 0.15) is 17.3 Å². The quantitative estimate of drug-likeness (QED) is 0.804. The molecule has 1 aromatic heterocycles. The van der Waals surface area contributed by atoms with Gasteiger partial charge in [-0.1, -0.05) is 12.1 Å². The fraction of sp³-hybridized carbons (Fsp3) is 0.421. The third-order valence-electron chi connectivity index (χ3n) is 5.37. The van der Waals surface area contributed by atoms with Crippen LogP contribution in [0.25, 0.3) is 0 Å². The number of carbonyl (C=O) groups excluding carboxylic acids is 2. The van der Waals surface area contributed by atoms with E-state index in [-0.39, 0.29) is 42.1 Å². The van der Waals surface area contributed by atoms with Crippen molar-refractivity contribution >= 4 is 23.2 Å². The fourth-order valence-electron chi connectivity index (χ4n) is 4.27. The molecule has 3 atom stereocenters. The molecule has 2 fully saturated rings. The molecular formula is C19H20FN3O3S. The smallest absolute Gasteiger partial charge is 0.265 e. The van der Waals surface area contributed by atoms with Gasteiger partial charge in [0.15, 0.2) is 0 Å². The maximum Gasteiger partial charge on any atom is 0.265 e. The molecule has 2 aromatic rings. The fourth-order valence-corrected chi connectivity index (χ4v) is 4.86. The summed E-state index contributed by atoms with van der Waals surface area (Å²) >= 11 is 1.32. The van der Waals surface area contributed by atoms with E-state index < -0.39 is 0 Å². The molecule has 0 saturated carbocycles. The molecule has 2 aliphatic heterocycles. The van der Waals surface area contributed by atoms with Crippen molar-refractivity contribution in [2.45, 2.75) is 6.04 Å². The van der Waals surface area contributed by atoms with E-state index >= 15 is 0 Å². The number of nitrogens with zero attached hydrogens (tertiary/aromatic N) is 3. The summed E-state index contributed by atoms with van der Waals surface area (Å²) in [6.45, 7) is 1.67. The van der Waals surface area contributed by atoms with Crippen molar-refractivity contribution in [2.24, 2.45) is 11.8 Å². The third kappa shape index (κ3) is 3.35. The Kier molecular flexibility index (Phi) is 4.92. The average Bonchev–Trinajstić information content (AvgIpc) is 3.37. The highest BCUT2D eigenvalue weighted by Crippen LogP contribution is 2.45. The van der Waals surface area contributed by atoms with Crippen LogP contribution in [-0.4, -0.2) is 59.9 Å². The van der Waals surface area contributed by atoms with Crippen molar-refractivity contribution in [3.63, 3.8) is 0 Å². The minimum Gasteiger partial charge on any atom is -0.375 e. The Balaban J connectivity index is 1.61. The molecule has 27 heavy (non-hydrogen) atoms. The first-order chi connectivity index (χ1) is 13.1. The number of carbonyl (C=O) groups is 2. The molecule has 2 aliphatic rings. The molecule has 1 aromatic carbocycles. The lowest BCUT2D eigenvalue weighted by Crippen LogP contribution is -2.38. The van der Waals surface area contributed by atoms with Gasteiger partial charge in [-0.15, -0.1) is 11.3 Å². The van der Waals surface area contributed by atoms with Crippen LogP contribution < -0.4 is 0 Å². The average molecular weight is 389 g/mol. The lowest BCUT2D eigenvalue weighted by molar-refractivity contribution is -0.136. The molecule has 142 valence electrons. The van der Waals surface area contributed by atoms with Gasteiger partial charge in [0, 0.05) is 38.6 Å². The number of ether oxygens (including phenoxy) is 1. The summed E-state index contributed by atoms with van der Waals surface area (Å²) < 4.78 is 18.9. The molecule has 8 heteroatoms. The van der Waals surface area contributed by atoms with Crippen LogP contribution in [0.1, 0.15) is 21.3 Å². The molecule has 0 bridgehead atoms. The van der Waals surface area contributed by atoms with Crippen molar-refractivity contribution in [1.82, 2.24) is 14.8 Å². The maximum absolute atomic E-state index is 13.8. The first-order valence-corrected chi connectivity index (χ1v) is 9.68. The first-order valence-electron chi connectivity index (χ1n) is 8.80. The number of aromatic nitrogens is 1. The van der Waals surface area contributed by atoms with Crippen LogP contribution in [-0.2, 0) is 9.53 Å². The van der Waals surface area contributed by atoms with Crippen LogP contribution in [0, 0.1) is 17.7 Å². The highest BCUT2D eigenvalue weighted by molar-refractivity contribution is 7.11. The number of hydrogen-bond acceptors (Lipinski definition) is 5. The second-order valence-electron chi connectivity index (χ2n) is 6.98. The molecule has 3 heterocycles. The predicted octanol–water partition coefficient (Wildman–Crippen LogP) is 2.20. The Morgan fingerprint density at radius 2 is 2.19 bits per heavy atom. The van der Waals surface area contributed by atoms with E-state index in [2.05, 4.69) is 4.98 Å². The van der Waals surface area contributed by atoms with Crippen LogP contribution in [0.5, 0.6) is 0 Å². The number of rotatable bonds is 4. The van der Waals surface area contributed by atoms with Crippen molar-refractivity contribution in [3.8, 4) is 0 Å². The second kappa shape index (κ2) is 7.36. The summed E-state index contributed by atoms with van der Waals surface area (Å²) in [5.74, 6) is -0.229. The zero-order valence-electron chi connectivity index (χ0n) is 14.9. The van der Waals surface area contributed by atoms with Gasteiger partial charge in [0.25, 0.3) is 5.91 Å². The Labute approximate surface area is 160 Å². The van der Waals surface area contributed by atoms with Gasteiger partial charge in [-0.25, -0.2) is 4.39 Å². The van der Waals surface area contributed by atoms with E-state index in [9.17, 15) is 14.0 Å². The molecule has 0 N–H and O–H groups in total. The maximum atomic E-state index is 13.8. The SMILES string of the molecule is COCC(=O)N1C[C@H]2CN(C(=O)c3cncs3)C[C@H]2[C@@H]1c1cccc(F)c1. The van der Waals surface area contributed by atoms with Gasteiger partial charge in [0.2, 0.25) is 5.91 Å². The molecule has 0 spiro atoms. The van der Waals surface area contributed by atoms with E-state index in [1.807, 2.05) is 11.0 Å². The molecule has 2 saturated heterocycles. The largest absolute Gasteiger partial charge is 0.375 e. The van der Waals surface area contributed by atoms with Crippen molar-refractivity contribution in [2.75, 3.05) is 33.4 Å². The van der Waals surface area contributed by atoms with Gasteiger partial charge < -0.3 is 14.5 Å². The number of thiazole rings is 1.